The van der Waals surface area contributed by atoms with Crippen LogP contribution in [-0.4, -0.2) is 47.0 Å². The van der Waals surface area contributed by atoms with Crippen LogP contribution in [0.3, 0.4) is 0 Å². The number of ether oxygens (including phenoxy) is 2. The summed E-state index contributed by atoms with van der Waals surface area (Å²) < 4.78 is 11.7. The molecule has 1 aromatic rings. The van der Waals surface area contributed by atoms with E-state index in [0.717, 1.165) is 19.3 Å². The van der Waals surface area contributed by atoms with Gasteiger partial charge in [0, 0.05) is 0 Å². The van der Waals surface area contributed by atoms with Crippen LogP contribution in [0, 0.1) is 17.8 Å². The van der Waals surface area contributed by atoms with E-state index in [1.165, 1.54) is 4.90 Å². The number of amides is 2. The molecule has 0 aromatic heterocycles. The molecule has 4 atom stereocenters. The second-order valence-corrected chi connectivity index (χ2v) is 10.1. The van der Waals surface area contributed by atoms with Gasteiger partial charge in [-0.15, -0.1) is 0 Å². The van der Waals surface area contributed by atoms with Crippen LogP contribution in [0.4, 0.5) is 0 Å². The zero-order chi connectivity index (χ0) is 22.9. The van der Waals surface area contributed by atoms with Crippen LogP contribution < -0.4 is 0 Å². The van der Waals surface area contributed by atoms with Crippen LogP contribution in [0.25, 0.3) is 0 Å². The van der Waals surface area contributed by atoms with Crippen molar-refractivity contribution < 1.29 is 23.9 Å². The number of hydrogen-bond acceptors (Lipinski definition) is 5. The highest BCUT2D eigenvalue weighted by Gasteiger charge is 2.44. The summed E-state index contributed by atoms with van der Waals surface area (Å²) in [5.74, 6) is 0.303. The first-order valence-electron chi connectivity index (χ1n) is 11.3. The topological polar surface area (TPSA) is 72.9 Å². The van der Waals surface area contributed by atoms with Crippen molar-refractivity contribution in [2.24, 2.45) is 17.8 Å². The Balaban J connectivity index is 1.60. The summed E-state index contributed by atoms with van der Waals surface area (Å²) in [5, 5.41) is 0. The predicted octanol–water partition coefficient (Wildman–Crippen LogP) is 4.47. The standard InChI is InChI=1S/C25H35NO5/c1-15(2)18-12-11-16(3)13-21(18)31-24(29)17(4)30-14-25(5,6)26-22(27)19-9-7-8-10-20(19)23(26)28/h7-10,15-18,21H,11-14H2,1-6H3. The first-order valence-corrected chi connectivity index (χ1v) is 11.3. The van der Waals surface area contributed by atoms with E-state index in [2.05, 4.69) is 20.8 Å². The molecule has 31 heavy (non-hydrogen) atoms. The number of benzene rings is 1. The van der Waals surface area contributed by atoms with Crippen molar-refractivity contribution in [3.05, 3.63) is 35.4 Å². The summed E-state index contributed by atoms with van der Waals surface area (Å²) in [7, 11) is 0. The minimum Gasteiger partial charge on any atom is -0.460 e. The number of carbonyl (C=O) groups excluding carboxylic acids is 3. The molecule has 6 nitrogen and oxygen atoms in total. The van der Waals surface area contributed by atoms with Gasteiger partial charge in [-0.2, -0.15) is 0 Å². The molecule has 4 unspecified atom stereocenters. The quantitative estimate of drug-likeness (QED) is 0.472. The number of hydrogen-bond donors (Lipinski definition) is 0. The lowest BCUT2D eigenvalue weighted by Crippen LogP contribution is -2.51. The Bertz CT molecular complexity index is 811. The first kappa shape index (κ1) is 23.5. The summed E-state index contributed by atoms with van der Waals surface area (Å²) >= 11 is 0. The molecule has 1 saturated carbocycles. The molecule has 3 rings (SSSR count). The molecule has 2 amide bonds. The molecular formula is C25H35NO5. The predicted molar refractivity (Wildman–Crippen MR) is 118 cm³/mol. The number of fused-ring (bicyclic) bond motifs is 1. The lowest BCUT2D eigenvalue weighted by atomic mass is 9.75. The Kier molecular flexibility index (Phi) is 6.89. The van der Waals surface area contributed by atoms with Crippen LogP contribution in [-0.2, 0) is 14.3 Å². The molecule has 0 bridgehead atoms. The SMILES string of the molecule is CC1CCC(C(C)C)C(OC(=O)C(C)OCC(C)(C)N2C(=O)c3ccccc3C2=O)C1. The highest BCUT2D eigenvalue weighted by molar-refractivity contribution is 6.21. The van der Waals surface area contributed by atoms with Gasteiger partial charge in [-0.3, -0.25) is 14.5 Å². The van der Waals surface area contributed by atoms with Crippen molar-refractivity contribution in [2.75, 3.05) is 6.61 Å². The minimum absolute atomic E-state index is 0.0451. The third-order valence-corrected chi connectivity index (χ3v) is 6.65. The Labute approximate surface area is 185 Å². The molecule has 1 heterocycles. The summed E-state index contributed by atoms with van der Waals surface area (Å²) in [5.41, 5.74) is -0.0972. The van der Waals surface area contributed by atoms with Crippen LogP contribution in [0.15, 0.2) is 24.3 Å². The lowest BCUT2D eigenvalue weighted by Gasteiger charge is -2.37. The van der Waals surface area contributed by atoms with Gasteiger partial charge in [-0.25, -0.2) is 4.79 Å². The van der Waals surface area contributed by atoms with Gasteiger partial charge in [-0.05, 0) is 63.5 Å². The summed E-state index contributed by atoms with van der Waals surface area (Å²) in [4.78, 5) is 39.5. The number of esters is 1. The Morgan fingerprint density at radius 3 is 2.23 bits per heavy atom. The van der Waals surface area contributed by atoms with Crippen molar-refractivity contribution in [1.29, 1.82) is 0 Å². The molecule has 1 fully saturated rings. The second-order valence-electron chi connectivity index (χ2n) is 10.1. The van der Waals surface area contributed by atoms with Crippen molar-refractivity contribution in [3.8, 4) is 0 Å². The van der Waals surface area contributed by atoms with Gasteiger partial charge in [-0.1, -0.05) is 39.3 Å². The Morgan fingerprint density at radius 2 is 1.68 bits per heavy atom. The molecule has 0 spiro atoms. The Hall–Kier alpha value is -2.21. The largest absolute Gasteiger partial charge is 0.460 e. The molecule has 0 N–H and O–H groups in total. The van der Waals surface area contributed by atoms with Gasteiger partial charge >= 0.3 is 5.97 Å². The molecule has 1 aromatic carbocycles. The third-order valence-electron chi connectivity index (χ3n) is 6.65. The Morgan fingerprint density at radius 1 is 1.10 bits per heavy atom. The maximum absolute atomic E-state index is 12.8. The van der Waals surface area contributed by atoms with Crippen LogP contribution in [0.5, 0.6) is 0 Å². The van der Waals surface area contributed by atoms with E-state index in [9.17, 15) is 14.4 Å². The van der Waals surface area contributed by atoms with Crippen molar-refractivity contribution >= 4 is 17.8 Å². The van der Waals surface area contributed by atoms with Gasteiger partial charge in [0.15, 0.2) is 6.10 Å². The van der Waals surface area contributed by atoms with E-state index in [4.69, 9.17) is 9.47 Å². The van der Waals surface area contributed by atoms with Gasteiger partial charge in [0.05, 0.1) is 23.3 Å². The van der Waals surface area contributed by atoms with Crippen molar-refractivity contribution in [1.82, 2.24) is 4.90 Å². The third kappa shape index (κ3) is 4.84. The molecule has 1 aliphatic heterocycles. The zero-order valence-electron chi connectivity index (χ0n) is 19.5. The normalized spacial score (nSPS) is 25.0. The fraction of sp³-hybridized carbons (Fsp3) is 0.640. The highest BCUT2D eigenvalue weighted by Crippen LogP contribution is 2.36. The monoisotopic (exact) mass is 429 g/mol. The van der Waals surface area contributed by atoms with E-state index in [0.29, 0.717) is 28.9 Å². The number of imide groups is 1. The fourth-order valence-corrected chi connectivity index (χ4v) is 4.70. The molecule has 2 aliphatic rings. The zero-order valence-corrected chi connectivity index (χ0v) is 19.5. The molecular weight excluding hydrogens is 394 g/mol. The molecule has 170 valence electrons. The van der Waals surface area contributed by atoms with E-state index < -0.39 is 11.6 Å². The van der Waals surface area contributed by atoms with Gasteiger partial charge in [0.1, 0.15) is 6.10 Å². The number of rotatable bonds is 7. The maximum atomic E-state index is 12.8. The van der Waals surface area contributed by atoms with Gasteiger partial charge in [0.25, 0.3) is 11.8 Å². The summed E-state index contributed by atoms with van der Waals surface area (Å²) in [6, 6.07) is 6.79. The first-order chi connectivity index (χ1) is 14.5. The lowest BCUT2D eigenvalue weighted by molar-refractivity contribution is -0.169. The average molecular weight is 430 g/mol. The summed E-state index contributed by atoms with van der Waals surface area (Å²) in [6.45, 7) is 11.8. The summed E-state index contributed by atoms with van der Waals surface area (Å²) in [6.07, 6.45) is 2.24. The number of carbonyl (C=O) groups is 3. The fourth-order valence-electron chi connectivity index (χ4n) is 4.70. The minimum atomic E-state index is -0.901. The van der Waals surface area contributed by atoms with Gasteiger partial charge in [0.2, 0.25) is 0 Å². The van der Waals surface area contributed by atoms with Crippen LogP contribution in [0.2, 0.25) is 0 Å². The maximum Gasteiger partial charge on any atom is 0.335 e. The second kappa shape index (κ2) is 9.11. The molecule has 6 heteroatoms. The number of nitrogens with zero attached hydrogens (tertiary/aromatic N) is 1. The van der Waals surface area contributed by atoms with E-state index in [1.807, 2.05) is 0 Å². The van der Waals surface area contributed by atoms with Crippen molar-refractivity contribution in [3.63, 3.8) is 0 Å². The van der Waals surface area contributed by atoms with Gasteiger partial charge < -0.3 is 9.47 Å². The highest BCUT2D eigenvalue weighted by atomic mass is 16.6. The van der Waals surface area contributed by atoms with E-state index in [1.54, 1.807) is 45.0 Å². The molecule has 1 aliphatic carbocycles. The smallest absolute Gasteiger partial charge is 0.335 e. The van der Waals surface area contributed by atoms with E-state index in [-0.39, 0.29) is 30.5 Å². The van der Waals surface area contributed by atoms with Crippen LogP contribution >= 0.6 is 0 Å². The average Bonchev–Trinajstić information content (AvgIpc) is 2.97. The molecule has 0 saturated heterocycles. The van der Waals surface area contributed by atoms with Crippen LogP contribution in [0.1, 0.15) is 81.5 Å². The van der Waals surface area contributed by atoms with Crippen molar-refractivity contribution in [2.45, 2.75) is 78.6 Å². The molecule has 0 radical (unpaired) electrons. The van der Waals surface area contributed by atoms with E-state index >= 15 is 0 Å².